The van der Waals surface area contributed by atoms with Crippen LogP contribution in [0.25, 0.3) is 11.0 Å². The van der Waals surface area contributed by atoms with E-state index >= 15 is 0 Å². The molecule has 0 atom stereocenters. The van der Waals surface area contributed by atoms with Crippen molar-refractivity contribution in [2.75, 3.05) is 14.2 Å². The topological polar surface area (TPSA) is 102 Å². The molecule has 1 aromatic heterocycles. The van der Waals surface area contributed by atoms with Crippen molar-refractivity contribution in [3.63, 3.8) is 0 Å². The van der Waals surface area contributed by atoms with E-state index in [0.29, 0.717) is 11.0 Å². The zero-order valence-electron chi connectivity index (χ0n) is 16.0. The number of carbonyl (C=O) groups is 1. The zero-order valence-corrected chi connectivity index (χ0v) is 17.6. The van der Waals surface area contributed by atoms with Crippen LogP contribution in [0.2, 0.25) is 5.02 Å². The Morgan fingerprint density at radius 1 is 1.26 bits per heavy atom. The second kappa shape index (κ2) is 8.36. The molecule has 2 aromatic carbocycles. The van der Waals surface area contributed by atoms with Gasteiger partial charge in [-0.05, 0) is 24.3 Å². The minimum Gasteiger partial charge on any atom is -0.465 e. The van der Waals surface area contributed by atoms with E-state index < -0.39 is 38.0 Å². The molecule has 1 N–H and O–H groups in total. The summed E-state index contributed by atoms with van der Waals surface area (Å²) in [4.78, 5) is 18.6. The molecule has 0 bridgehead atoms. The van der Waals surface area contributed by atoms with Crippen molar-refractivity contribution in [2.24, 2.45) is 0 Å². The predicted molar refractivity (Wildman–Crippen MR) is 104 cm³/mol. The van der Waals surface area contributed by atoms with Crippen molar-refractivity contribution in [1.82, 2.24) is 14.3 Å². The normalized spacial score (nSPS) is 12.4. The number of halogens is 4. The molecule has 0 aliphatic rings. The second-order valence-electron chi connectivity index (χ2n) is 6.28. The summed E-state index contributed by atoms with van der Waals surface area (Å²) in [5.74, 6) is -1.01. The SMILES string of the molecule is COC(=O)c1cccc2nc(CN(C)S(=O)(=O)c3ccc(OC(F)(F)F)cc3Cl)[nH]c12. The number of benzene rings is 2. The van der Waals surface area contributed by atoms with Gasteiger partial charge in [0.1, 0.15) is 16.5 Å². The van der Waals surface area contributed by atoms with E-state index in [-0.39, 0.29) is 17.9 Å². The molecule has 0 unspecified atom stereocenters. The van der Waals surface area contributed by atoms with Crippen molar-refractivity contribution < 1.29 is 35.9 Å². The number of esters is 1. The van der Waals surface area contributed by atoms with Gasteiger partial charge in [-0.1, -0.05) is 17.7 Å². The van der Waals surface area contributed by atoms with E-state index in [1.807, 2.05) is 0 Å². The van der Waals surface area contributed by atoms with Crippen molar-refractivity contribution in [3.05, 3.63) is 52.8 Å². The third-order valence-corrected chi connectivity index (χ3v) is 6.46. The van der Waals surface area contributed by atoms with Crippen LogP contribution in [0.15, 0.2) is 41.3 Å². The van der Waals surface area contributed by atoms with Crippen LogP contribution in [-0.2, 0) is 21.3 Å². The molecule has 0 saturated carbocycles. The fraction of sp³-hybridized carbons (Fsp3) is 0.222. The maximum atomic E-state index is 12.9. The Labute approximate surface area is 179 Å². The maximum absolute atomic E-state index is 12.9. The van der Waals surface area contributed by atoms with Crippen molar-refractivity contribution in [3.8, 4) is 5.75 Å². The highest BCUT2D eigenvalue weighted by Crippen LogP contribution is 2.31. The van der Waals surface area contributed by atoms with Crippen molar-refractivity contribution in [2.45, 2.75) is 17.8 Å². The first-order chi connectivity index (χ1) is 14.4. The van der Waals surface area contributed by atoms with Crippen LogP contribution in [0.5, 0.6) is 5.75 Å². The number of imidazole rings is 1. The molecule has 0 fully saturated rings. The van der Waals surface area contributed by atoms with Crippen LogP contribution >= 0.6 is 11.6 Å². The maximum Gasteiger partial charge on any atom is 0.573 e. The molecule has 0 saturated heterocycles. The Balaban J connectivity index is 1.87. The van der Waals surface area contributed by atoms with Crippen molar-refractivity contribution >= 4 is 38.6 Å². The minimum absolute atomic E-state index is 0.227. The summed E-state index contributed by atoms with van der Waals surface area (Å²) in [6.07, 6.45) is -4.94. The lowest BCUT2D eigenvalue weighted by atomic mass is 10.2. The number of hydrogen-bond donors (Lipinski definition) is 1. The molecule has 0 aliphatic carbocycles. The van der Waals surface area contributed by atoms with E-state index in [4.69, 9.17) is 16.3 Å². The highest BCUT2D eigenvalue weighted by molar-refractivity contribution is 7.89. The predicted octanol–water partition coefficient (Wildman–Crippen LogP) is 3.72. The quantitative estimate of drug-likeness (QED) is 0.543. The van der Waals surface area contributed by atoms with Gasteiger partial charge < -0.3 is 14.5 Å². The van der Waals surface area contributed by atoms with Crippen molar-refractivity contribution in [1.29, 1.82) is 0 Å². The summed E-state index contributed by atoms with van der Waals surface area (Å²) in [5.41, 5.74) is 1.03. The summed E-state index contributed by atoms with van der Waals surface area (Å²) in [6.45, 7) is -0.227. The molecule has 166 valence electrons. The van der Waals surface area contributed by atoms with E-state index in [2.05, 4.69) is 14.7 Å². The number of sulfonamides is 1. The van der Waals surface area contributed by atoms with Crippen LogP contribution in [0.4, 0.5) is 13.2 Å². The number of rotatable bonds is 6. The smallest absolute Gasteiger partial charge is 0.465 e. The molecule has 31 heavy (non-hydrogen) atoms. The van der Waals surface area contributed by atoms with Crippen LogP contribution in [0, 0.1) is 0 Å². The van der Waals surface area contributed by atoms with Gasteiger partial charge >= 0.3 is 12.3 Å². The first kappa shape index (κ1) is 22.8. The van der Waals surface area contributed by atoms with Crippen LogP contribution < -0.4 is 4.74 Å². The highest BCUT2D eigenvalue weighted by atomic mass is 35.5. The number of nitrogens with zero attached hydrogens (tertiary/aromatic N) is 2. The van der Waals surface area contributed by atoms with Gasteiger partial charge in [0, 0.05) is 13.1 Å². The van der Waals surface area contributed by atoms with Gasteiger partial charge in [0.15, 0.2) is 0 Å². The van der Waals surface area contributed by atoms with E-state index in [1.165, 1.54) is 20.2 Å². The molecule has 3 aromatic rings. The Morgan fingerprint density at radius 2 is 1.97 bits per heavy atom. The van der Waals surface area contributed by atoms with E-state index in [1.54, 1.807) is 12.1 Å². The monoisotopic (exact) mass is 477 g/mol. The van der Waals surface area contributed by atoms with E-state index in [9.17, 15) is 26.4 Å². The van der Waals surface area contributed by atoms with Crippen LogP contribution in [-0.4, -0.2) is 49.2 Å². The summed E-state index contributed by atoms with van der Waals surface area (Å²) >= 11 is 5.90. The first-order valence-electron chi connectivity index (χ1n) is 8.50. The number of alkyl halides is 3. The summed E-state index contributed by atoms with van der Waals surface area (Å²) in [7, 11) is -1.70. The Morgan fingerprint density at radius 3 is 2.58 bits per heavy atom. The standard InChI is InChI=1S/C18H15ClF3N3O5S/c1-25(9-15-23-13-5-3-4-11(16(13)24-15)17(26)29-2)31(27,28)14-7-6-10(8-12(14)19)30-18(20,21)22/h3-8H,9H2,1-2H3,(H,23,24). The Bertz CT molecular complexity index is 1240. The molecule has 8 nitrogen and oxygen atoms in total. The number of methoxy groups -OCH3 is 1. The number of para-hydroxylation sites is 1. The summed E-state index contributed by atoms with van der Waals surface area (Å²) in [6, 6.07) is 7.30. The molecule has 0 aliphatic heterocycles. The molecule has 3 rings (SSSR count). The third-order valence-electron chi connectivity index (χ3n) is 4.17. The molecule has 0 spiro atoms. The fourth-order valence-corrected chi connectivity index (χ4v) is 4.43. The third kappa shape index (κ3) is 4.92. The average Bonchev–Trinajstić information content (AvgIpc) is 3.08. The lowest BCUT2D eigenvalue weighted by molar-refractivity contribution is -0.274. The molecule has 0 radical (unpaired) electrons. The van der Waals surface area contributed by atoms with Crippen LogP contribution in [0.3, 0.4) is 0 Å². The number of aromatic nitrogens is 2. The zero-order chi connectivity index (χ0) is 23.0. The lowest BCUT2D eigenvalue weighted by Gasteiger charge is -2.17. The Kier molecular flexibility index (Phi) is 6.16. The largest absolute Gasteiger partial charge is 0.573 e. The van der Waals surface area contributed by atoms with E-state index in [0.717, 1.165) is 22.5 Å². The lowest BCUT2D eigenvalue weighted by Crippen LogP contribution is -2.27. The minimum atomic E-state index is -4.94. The highest BCUT2D eigenvalue weighted by Gasteiger charge is 2.32. The molecule has 0 amide bonds. The number of hydrogen-bond acceptors (Lipinski definition) is 6. The number of aromatic amines is 1. The van der Waals surface area contributed by atoms with Gasteiger partial charge in [-0.3, -0.25) is 0 Å². The number of nitrogens with one attached hydrogen (secondary N) is 1. The van der Waals surface area contributed by atoms with Gasteiger partial charge in [-0.2, -0.15) is 4.31 Å². The number of ether oxygens (including phenoxy) is 2. The number of H-pyrrole nitrogens is 1. The van der Waals surface area contributed by atoms with Gasteiger partial charge in [0.2, 0.25) is 10.0 Å². The van der Waals surface area contributed by atoms with Gasteiger partial charge in [-0.15, -0.1) is 13.2 Å². The number of fused-ring (bicyclic) bond motifs is 1. The second-order valence-corrected chi connectivity index (χ2v) is 8.70. The summed E-state index contributed by atoms with van der Waals surface area (Å²) < 4.78 is 72.1. The van der Waals surface area contributed by atoms with Crippen LogP contribution in [0.1, 0.15) is 16.2 Å². The van der Waals surface area contributed by atoms with Gasteiger partial charge in [0.05, 0.1) is 35.3 Å². The first-order valence-corrected chi connectivity index (χ1v) is 10.3. The number of carbonyl (C=O) groups excluding carboxylic acids is 1. The fourth-order valence-electron chi connectivity index (χ4n) is 2.79. The van der Waals surface area contributed by atoms with Gasteiger partial charge in [0.25, 0.3) is 0 Å². The molecule has 13 heteroatoms. The molecular weight excluding hydrogens is 463 g/mol. The summed E-state index contributed by atoms with van der Waals surface area (Å²) in [5, 5.41) is -0.439. The molecular formula is C18H15ClF3N3O5S. The van der Waals surface area contributed by atoms with Gasteiger partial charge in [-0.25, -0.2) is 18.2 Å². The average molecular weight is 478 g/mol. The Hall–Kier alpha value is -2.83. The molecule has 1 heterocycles.